The minimum Gasteiger partial charge on any atom is -0.444 e. The van der Waals surface area contributed by atoms with Crippen molar-refractivity contribution in [2.45, 2.75) is 58.1 Å². The number of carbonyl (C=O) groups excluding carboxylic acids is 1. The van der Waals surface area contributed by atoms with Crippen LogP contribution in [0.25, 0.3) is 0 Å². The standard InChI is InChI=1S/C15H23N3O3/c1-5-6-7-11-16-13(18-21-11)12(10-8-9-10)17-14(19)20-15(2,3)4/h5,10,12H,1,6-9H2,2-4H3,(H,17,19). The Morgan fingerprint density at radius 2 is 2.29 bits per heavy atom. The van der Waals surface area contributed by atoms with Gasteiger partial charge >= 0.3 is 6.09 Å². The Hall–Kier alpha value is -1.85. The highest BCUT2D eigenvalue weighted by atomic mass is 16.6. The fourth-order valence-corrected chi connectivity index (χ4v) is 1.98. The van der Waals surface area contributed by atoms with E-state index >= 15 is 0 Å². The Labute approximate surface area is 124 Å². The van der Waals surface area contributed by atoms with E-state index in [1.54, 1.807) is 6.08 Å². The van der Waals surface area contributed by atoms with E-state index in [1.165, 1.54) is 0 Å². The number of hydrogen-bond donors (Lipinski definition) is 1. The third-order valence-corrected chi connectivity index (χ3v) is 3.09. The summed E-state index contributed by atoms with van der Waals surface area (Å²) in [6.07, 6.45) is 4.92. The maximum Gasteiger partial charge on any atom is 0.408 e. The number of aromatic nitrogens is 2. The molecule has 0 aromatic carbocycles. The van der Waals surface area contributed by atoms with E-state index in [4.69, 9.17) is 9.26 Å². The lowest BCUT2D eigenvalue weighted by Gasteiger charge is -2.22. The normalized spacial score (nSPS) is 16.3. The molecule has 6 nitrogen and oxygen atoms in total. The van der Waals surface area contributed by atoms with Crippen LogP contribution in [0.4, 0.5) is 4.79 Å². The van der Waals surface area contributed by atoms with Crippen molar-refractivity contribution in [3.05, 3.63) is 24.4 Å². The molecule has 0 bridgehead atoms. The number of rotatable bonds is 6. The van der Waals surface area contributed by atoms with Gasteiger partial charge in [-0.25, -0.2) is 4.79 Å². The topological polar surface area (TPSA) is 77.2 Å². The smallest absolute Gasteiger partial charge is 0.408 e. The van der Waals surface area contributed by atoms with E-state index in [-0.39, 0.29) is 6.04 Å². The molecule has 0 aliphatic heterocycles. The number of ether oxygens (including phenoxy) is 1. The van der Waals surface area contributed by atoms with Crippen LogP contribution in [-0.4, -0.2) is 21.8 Å². The van der Waals surface area contributed by atoms with Crippen LogP contribution in [0.5, 0.6) is 0 Å². The minimum atomic E-state index is -0.523. The molecule has 1 aliphatic carbocycles. The Kier molecular flexibility index (Phi) is 4.65. The van der Waals surface area contributed by atoms with Crippen molar-refractivity contribution in [1.82, 2.24) is 15.5 Å². The highest BCUT2D eigenvalue weighted by Gasteiger charge is 2.37. The quantitative estimate of drug-likeness (QED) is 0.815. The fourth-order valence-electron chi connectivity index (χ4n) is 1.98. The largest absolute Gasteiger partial charge is 0.444 e. The number of nitrogens with zero attached hydrogens (tertiary/aromatic N) is 2. The molecule has 1 amide bonds. The number of nitrogens with one attached hydrogen (secondary N) is 1. The van der Waals surface area contributed by atoms with Crippen LogP contribution in [0.2, 0.25) is 0 Å². The molecular formula is C15H23N3O3. The van der Waals surface area contributed by atoms with Crippen molar-refractivity contribution < 1.29 is 14.1 Å². The third kappa shape index (κ3) is 4.88. The van der Waals surface area contributed by atoms with Crippen molar-refractivity contribution in [2.75, 3.05) is 0 Å². The van der Waals surface area contributed by atoms with Crippen molar-refractivity contribution in [1.29, 1.82) is 0 Å². The summed E-state index contributed by atoms with van der Waals surface area (Å²) in [6, 6.07) is -0.235. The number of carbonyl (C=O) groups is 1. The van der Waals surface area contributed by atoms with Crippen LogP contribution >= 0.6 is 0 Å². The monoisotopic (exact) mass is 293 g/mol. The average Bonchev–Trinajstić information content (AvgIpc) is 3.10. The molecule has 0 radical (unpaired) electrons. The molecule has 1 aromatic rings. The molecule has 0 saturated heterocycles. The summed E-state index contributed by atoms with van der Waals surface area (Å²) < 4.78 is 10.5. The molecule has 1 unspecified atom stereocenters. The second kappa shape index (κ2) is 6.28. The number of aryl methyl sites for hydroxylation is 1. The second-order valence-electron chi connectivity index (χ2n) is 6.33. The number of allylic oxidation sites excluding steroid dienone is 1. The first-order valence-electron chi connectivity index (χ1n) is 7.32. The molecule has 116 valence electrons. The zero-order valence-electron chi connectivity index (χ0n) is 12.9. The summed E-state index contributed by atoms with van der Waals surface area (Å²) in [6.45, 7) is 9.17. The summed E-state index contributed by atoms with van der Waals surface area (Å²) >= 11 is 0. The van der Waals surface area contributed by atoms with Crippen molar-refractivity contribution >= 4 is 6.09 Å². The molecule has 0 spiro atoms. The van der Waals surface area contributed by atoms with Crippen LogP contribution in [0.1, 0.15) is 57.8 Å². The highest BCUT2D eigenvalue weighted by molar-refractivity contribution is 5.68. The predicted molar refractivity (Wildman–Crippen MR) is 77.7 cm³/mol. The van der Waals surface area contributed by atoms with Gasteiger partial charge < -0.3 is 14.6 Å². The summed E-state index contributed by atoms with van der Waals surface area (Å²) in [5.74, 6) is 1.46. The Balaban J connectivity index is 2.00. The summed E-state index contributed by atoms with van der Waals surface area (Å²) in [4.78, 5) is 16.3. The minimum absolute atomic E-state index is 0.235. The van der Waals surface area contributed by atoms with Crippen molar-refractivity contribution in [2.24, 2.45) is 5.92 Å². The van der Waals surface area contributed by atoms with Gasteiger partial charge in [0.05, 0.1) is 6.04 Å². The Bertz CT molecular complexity index is 501. The van der Waals surface area contributed by atoms with Gasteiger partial charge in [-0.1, -0.05) is 11.2 Å². The SMILES string of the molecule is C=CCCc1nc(C(NC(=O)OC(C)(C)C)C2CC2)no1. The van der Waals surface area contributed by atoms with E-state index in [9.17, 15) is 4.79 Å². The molecule has 2 rings (SSSR count). The van der Waals surface area contributed by atoms with Gasteiger partial charge in [-0.3, -0.25) is 0 Å². The number of amides is 1. The molecule has 1 saturated carbocycles. The van der Waals surface area contributed by atoms with Gasteiger partial charge in [0.15, 0.2) is 5.82 Å². The molecule has 1 aliphatic rings. The van der Waals surface area contributed by atoms with Crippen molar-refractivity contribution in [3.63, 3.8) is 0 Å². The van der Waals surface area contributed by atoms with E-state index in [2.05, 4.69) is 22.0 Å². The first-order chi connectivity index (χ1) is 9.89. The van der Waals surface area contributed by atoms with Crippen LogP contribution in [0.15, 0.2) is 17.2 Å². The fraction of sp³-hybridized carbons (Fsp3) is 0.667. The van der Waals surface area contributed by atoms with E-state index in [0.717, 1.165) is 19.3 Å². The molecule has 1 N–H and O–H groups in total. The number of hydrogen-bond acceptors (Lipinski definition) is 5. The first kappa shape index (κ1) is 15.5. The zero-order valence-corrected chi connectivity index (χ0v) is 12.9. The van der Waals surface area contributed by atoms with Crippen LogP contribution in [0.3, 0.4) is 0 Å². The predicted octanol–water partition coefficient (Wildman–Crippen LogP) is 3.16. The highest BCUT2D eigenvalue weighted by Crippen LogP contribution is 2.40. The molecular weight excluding hydrogens is 270 g/mol. The van der Waals surface area contributed by atoms with Gasteiger partial charge in [-0.05, 0) is 46.0 Å². The first-order valence-corrected chi connectivity index (χ1v) is 7.32. The van der Waals surface area contributed by atoms with E-state index in [0.29, 0.717) is 24.1 Å². The Morgan fingerprint density at radius 1 is 1.57 bits per heavy atom. The lowest BCUT2D eigenvalue weighted by molar-refractivity contribution is 0.0494. The maximum atomic E-state index is 11.9. The summed E-state index contributed by atoms with van der Waals surface area (Å²) in [7, 11) is 0. The van der Waals surface area contributed by atoms with Gasteiger partial charge in [0.2, 0.25) is 5.89 Å². The zero-order chi connectivity index (χ0) is 15.5. The molecule has 21 heavy (non-hydrogen) atoms. The van der Waals surface area contributed by atoms with Gasteiger partial charge in [0, 0.05) is 6.42 Å². The molecule has 1 atom stereocenters. The lowest BCUT2D eigenvalue weighted by Crippen LogP contribution is -2.36. The molecule has 1 heterocycles. The van der Waals surface area contributed by atoms with Crippen molar-refractivity contribution in [3.8, 4) is 0 Å². The third-order valence-electron chi connectivity index (χ3n) is 3.09. The van der Waals surface area contributed by atoms with Crippen LogP contribution < -0.4 is 5.32 Å². The van der Waals surface area contributed by atoms with Gasteiger partial charge in [0.1, 0.15) is 5.60 Å². The molecule has 1 aromatic heterocycles. The van der Waals surface area contributed by atoms with E-state index in [1.807, 2.05) is 20.8 Å². The molecule has 6 heteroatoms. The maximum absolute atomic E-state index is 11.9. The summed E-state index contributed by atoms with van der Waals surface area (Å²) in [5, 5.41) is 6.84. The van der Waals surface area contributed by atoms with Gasteiger partial charge in [-0.15, -0.1) is 6.58 Å². The van der Waals surface area contributed by atoms with E-state index < -0.39 is 11.7 Å². The molecule has 1 fully saturated rings. The second-order valence-corrected chi connectivity index (χ2v) is 6.33. The average molecular weight is 293 g/mol. The van der Waals surface area contributed by atoms with Crippen LogP contribution in [-0.2, 0) is 11.2 Å². The van der Waals surface area contributed by atoms with Gasteiger partial charge in [0.25, 0.3) is 0 Å². The van der Waals surface area contributed by atoms with Crippen LogP contribution in [0, 0.1) is 5.92 Å². The summed E-state index contributed by atoms with van der Waals surface area (Å²) in [5.41, 5.74) is -0.523. The lowest BCUT2D eigenvalue weighted by atomic mass is 10.1. The number of alkyl carbamates (subject to hydrolysis) is 1. The van der Waals surface area contributed by atoms with Gasteiger partial charge in [-0.2, -0.15) is 4.98 Å². The Morgan fingerprint density at radius 3 is 2.86 bits per heavy atom.